The molecule has 0 bridgehead atoms. The van der Waals surface area contributed by atoms with Gasteiger partial charge in [-0.1, -0.05) is 0 Å². The van der Waals surface area contributed by atoms with Crippen LogP contribution in [-0.2, 0) is 0 Å². The smallest absolute Gasteiger partial charge is 0.342 e. The highest BCUT2D eigenvalue weighted by Gasteiger charge is 2.12. The highest BCUT2D eigenvalue weighted by Crippen LogP contribution is 2.24. The van der Waals surface area contributed by atoms with Crippen molar-refractivity contribution < 1.29 is 8.81 Å². The van der Waals surface area contributed by atoms with Crippen LogP contribution in [-0.4, -0.2) is 13.1 Å². The van der Waals surface area contributed by atoms with Gasteiger partial charge >= 0.3 is 5.63 Å². The van der Waals surface area contributed by atoms with Gasteiger partial charge in [0.25, 0.3) is 0 Å². The number of benzene rings is 1. The number of fused-ring (bicyclic) bond motifs is 1. The van der Waals surface area contributed by atoms with Gasteiger partial charge in [-0.2, -0.15) is 0 Å². The summed E-state index contributed by atoms with van der Waals surface area (Å²) < 4.78 is 19.0. The van der Waals surface area contributed by atoms with Crippen molar-refractivity contribution >= 4 is 16.7 Å². The Hall–Kier alpha value is -1.84. The lowest BCUT2D eigenvalue weighted by Gasteiger charge is -2.21. The minimum atomic E-state index is -0.614. The van der Waals surface area contributed by atoms with Crippen molar-refractivity contribution in [3.63, 3.8) is 0 Å². The molecule has 2 aromatic rings. The van der Waals surface area contributed by atoms with Gasteiger partial charge in [-0.15, -0.1) is 0 Å². The normalized spacial score (nSPS) is 10.9. The average Bonchev–Trinajstić information content (AvgIpc) is 2.37. The van der Waals surface area contributed by atoms with Gasteiger partial charge in [0.1, 0.15) is 11.4 Å². The van der Waals surface area contributed by atoms with Crippen LogP contribution in [0.25, 0.3) is 11.0 Å². The molecule has 3 nitrogen and oxygen atoms in total. The third-order valence-electron chi connectivity index (χ3n) is 3.17. The maximum absolute atomic E-state index is 13.9. The van der Waals surface area contributed by atoms with Crippen molar-refractivity contribution in [1.82, 2.24) is 0 Å². The molecular weight excluding hydrogens is 233 g/mol. The quantitative estimate of drug-likeness (QED) is 0.784. The second-order valence-corrected chi connectivity index (χ2v) is 4.18. The molecular formula is C14H16FNO2. The van der Waals surface area contributed by atoms with E-state index in [1.165, 1.54) is 6.92 Å². The van der Waals surface area contributed by atoms with Crippen molar-refractivity contribution in [2.75, 3.05) is 18.0 Å². The molecule has 0 N–H and O–H groups in total. The number of hydrogen-bond acceptors (Lipinski definition) is 3. The summed E-state index contributed by atoms with van der Waals surface area (Å²) in [4.78, 5) is 13.6. The van der Waals surface area contributed by atoms with Crippen molar-refractivity contribution in [2.24, 2.45) is 0 Å². The molecule has 0 saturated heterocycles. The Bertz CT molecular complexity index is 629. The summed E-state index contributed by atoms with van der Waals surface area (Å²) in [5, 5.41) is 0.350. The topological polar surface area (TPSA) is 33.5 Å². The van der Waals surface area contributed by atoms with E-state index >= 15 is 0 Å². The lowest BCUT2D eigenvalue weighted by Crippen LogP contribution is -2.21. The highest BCUT2D eigenvalue weighted by molar-refractivity contribution is 5.81. The van der Waals surface area contributed by atoms with Crippen LogP contribution >= 0.6 is 0 Å². The summed E-state index contributed by atoms with van der Waals surface area (Å²) in [7, 11) is 0. The molecule has 2 rings (SSSR count). The van der Waals surface area contributed by atoms with Crippen LogP contribution in [0.4, 0.5) is 10.1 Å². The summed E-state index contributed by atoms with van der Waals surface area (Å²) in [6, 6.07) is 5.22. The number of nitrogens with zero attached hydrogens (tertiary/aromatic N) is 1. The van der Waals surface area contributed by atoms with Gasteiger partial charge in [0, 0.05) is 24.8 Å². The monoisotopic (exact) mass is 249 g/mol. The standard InChI is InChI=1S/C14H16FNO2/c1-4-16(5-2)10-6-7-11-12(8-10)18-14(17)9(3)13(11)15/h6-8H,4-5H2,1-3H3. The second kappa shape index (κ2) is 4.80. The SMILES string of the molecule is CCN(CC)c1ccc2c(F)c(C)c(=O)oc2c1. The molecule has 1 aromatic heterocycles. The molecule has 4 heteroatoms. The van der Waals surface area contributed by atoms with Crippen LogP contribution in [0, 0.1) is 12.7 Å². The fourth-order valence-corrected chi connectivity index (χ4v) is 2.03. The summed E-state index contributed by atoms with van der Waals surface area (Å²) in [6.07, 6.45) is 0. The molecule has 1 heterocycles. The van der Waals surface area contributed by atoms with Gasteiger partial charge in [-0.05, 0) is 32.9 Å². The van der Waals surface area contributed by atoms with E-state index in [0.29, 0.717) is 11.0 Å². The Kier molecular flexibility index (Phi) is 3.36. The second-order valence-electron chi connectivity index (χ2n) is 4.18. The van der Waals surface area contributed by atoms with Crippen molar-refractivity contribution in [3.05, 3.63) is 40.0 Å². The molecule has 18 heavy (non-hydrogen) atoms. The lowest BCUT2D eigenvalue weighted by molar-refractivity contribution is 0.528. The molecule has 0 aliphatic rings. The van der Waals surface area contributed by atoms with Crippen LogP contribution < -0.4 is 10.5 Å². The maximum atomic E-state index is 13.9. The van der Waals surface area contributed by atoms with Gasteiger partial charge in [0.15, 0.2) is 0 Å². The molecule has 0 aliphatic carbocycles. The van der Waals surface area contributed by atoms with E-state index in [0.717, 1.165) is 18.8 Å². The fraction of sp³-hybridized carbons (Fsp3) is 0.357. The zero-order valence-corrected chi connectivity index (χ0v) is 10.8. The molecule has 0 amide bonds. The first-order valence-electron chi connectivity index (χ1n) is 6.06. The summed E-state index contributed by atoms with van der Waals surface area (Å²) >= 11 is 0. The van der Waals surface area contributed by atoms with Crippen molar-refractivity contribution in [3.8, 4) is 0 Å². The number of halogens is 1. The molecule has 0 aliphatic heterocycles. The van der Waals surface area contributed by atoms with Crippen molar-refractivity contribution in [2.45, 2.75) is 20.8 Å². The van der Waals surface area contributed by atoms with Gasteiger partial charge in [-0.3, -0.25) is 0 Å². The van der Waals surface area contributed by atoms with E-state index in [1.54, 1.807) is 12.1 Å². The highest BCUT2D eigenvalue weighted by atomic mass is 19.1. The van der Waals surface area contributed by atoms with E-state index in [-0.39, 0.29) is 5.56 Å². The first kappa shape index (κ1) is 12.6. The van der Waals surface area contributed by atoms with Gasteiger partial charge in [0.05, 0.1) is 10.9 Å². The predicted octanol–water partition coefficient (Wildman–Crippen LogP) is 3.09. The van der Waals surface area contributed by atoms with E-state index in [1.807, 2.05) is 19.9 Å². The summed E-state index contributed by atoms with van der Waals surface area (Å²) in [5.74, 6) is -0.493. The summed E-state index contributed by atoms with van der Waals surface area (Å²) in [6.45, 7) is 7.21. The number of anilines is 1. The zero-order valence-electron chi connectivity index (χ0n) is 10.8. The van der Waals surface area contributed by atoms with Crippen LogP contribution in [0.5, 0.6) is 0 Å². The molecule has 0 fully saturated rings. The third kappa shape index (κ3) is 1.98. The number of rotatable bonds is 3. The van der Waals surface area contributed by atoms with Crippen LogP contribution in [0.2, 0.25) is 0 Å². The predicted molar refractivity (Wildman–Crippen MR) is 70.7 cm³/mol. The largest absolute Gasteiger partial charge is 0.422 e. The van der Waals surface area contributed by atoms with Gasteiger partial charge in [0.2, 0.25) is 0 Å². The fourth-order valence-electron chi connectivity index (χ4n) is 2.03. The lowest BCUT2D eigenvalue weighted by atomic mass is 10.1. The van der Waals surface area contributed by atoms with Crippen molar-refractivity contribution in [1.29, 1.82) is 0 Å². The first-order valence-corrected chi connectivity index (χ1v) is 6.06. The Morgan fingerprint density at radius 2 is 1.94 bits per heavy atom. The van der Waals surface area contributed by atoms with Gasteiger partial charge in [-0.25, -0.2) is 9.18 Å². The zero-order chi connectivity index (χ0) is 13.3. The Labute approximate surface area is 105 Å². The van der Waals surface area contributed by atoms with E-state index in [4.69, 9.17) is 4.42 Å². The molecule has 0 spiro atoms. The molecule has 0 radical (unpaired) electrons. The van der Waals surface area contributed by atoms with Crippen LogP contribution in [0.1, 0.15) is 19.4 Å². The Morgan fingerprint density at radius 1 is 1.28 bits per heavy atom. The minimum absolute atomic E-state index is 0.0260. The van der Waals surface area contributed by atoms with Gasteiger partial charge < -0.3 is 9.32 Å². The first-order chi connectivity index (χ1) is 8.58. The van der Waals surface area contributed by atoms with E-state index in [2.05, 4.69) is 4.90 Å². The maximum Gasteiger partial charge on any atom is 0.342 e. The molecule has 1 aromatic carbocycles. The third-order valence-corrected chi connectivity index (χ3v) is 3.17. The summed E-state index contributed by atoms with van der Waals surface area (Å²) in [5.41, 5.74) is 0.640. The molecule has 96 valence electrons. The molecule has 0 unspecified atom stereocenters. The average molecular weight is 249 g/mol. The Morgan fingerprint density at radius 3 is 2.56 bits per heavy atom. The molecule has 0 atom stereocenters. The van der Waals surface area contributed by atoms with E-state index < -0.39 is 11.4 Å². The van der Waals surface area contributed by atoms with Crippen LogP contribution in [0.3, 0.4) is 0 Å². The van der Waals surface area contributed by atoms with E-state index in [9.17, 15) is 9.18 Å². The van der Waals surface area contributed by atoms with Crippen LogP contribution in [0.15, 0.2) is 27.4 Å². The minimum Gasteiger partial charge on any atom is -0.422 e. The Balaban J connectivity index is 2.66. The number of hydrogen-bond donors (Lipinski definition) is 0. The molecule has 0 saturated carbocycles.